The van der Waals surface area contributed by atoms with Crippen LogP contribution in [0.5, 0.6) is 0 Å². The molecule has 0 radical (unpaired) electrons. The predicted molar refractivity (Wildman–Crippen MR) is 97.5 cm³/mol. The van der Waals surface area contributed by atoms with Crippen LogP contribution in [0.1, 0.15) is 24.0 Å². The zero-order valence-corrected chi connectivity index (χ0v) is 14.7. The lowest BCUT2D eigenvalue weighted by atomic mass is 10.0. The standard InChI is InChI=1S/C18H21N3O3S/c1-2-25(23,24)19-9-3-4-13-10-14-5-6-15(12-16(14)11-13)17-7-8-18(22)21-20-17/h2,5-8,12-13,19H,1,3-4,9-11H2,(H,21,22). The normalized spacial score (nSPS) is 16.6. The Morgan fingerprint density at radius 3 is 2.76 bits per heavy atom. The van der Waals surface area contributed by atoms with Crippen molar-refractivity contribution in [2.75, 3.05) is 6.54 Å². The third-order valence-corrected chi connectivity index (χ3v) is 5.56. The number of aromatic amines is 1. The highest BCUT2D eigenvalue weighted by atomic mass is 32.2. The summed E-state index contributed by atoms with van der Waals surface area (Å²) in [6.07, 6.45) is 3.78. The summed E-state index contributed by atoms with van der Waals surface area (Å²) in [5, 5.41) is 7.47. The molecular weight excluding hydrogens is 338 g/mol. The van der Waals surface area contributed by atoms with Gasteiger partial charge in [0.1, 0.15) is 0 Å². The summed E-state index contributed by atoms with van der Waals surface area (Å²) in [4.78, 5) is 11.1. The predicted octanol–water partition coefficient (Wildman–Crippen LogP) is 1.99. The fourth-order valence-corrected chi connectivity index (χ4v) is 3.79. The Balaban J connectivity index is 1.59. The molecule has 1 aromatic carbocycles. The first-order chi connectivity index (χ1) is 12.0. The molecule has 0 spiro atoms. The largest absolute Gasteiger partial charge is 0.268 e. The van der Waals surface area contributed by atoms with E-state index in [4.69, 9.17) is 0 Å². The maximum absolute atomic E-state index is 11.3. The number of benzene rings is 1. The van der Waals surface area contributed by atoms with Gasteiger partial charge < -0.3 is 0 Å². The van der Waals surface area contributed by atoms with Crippen molar-refractivity contribution in [2.45, 2.75) is 25.7 Å². The van der Waals surface area contributed by atoms with E-state index in [2.05, 4.69) is 33.6 Å². The number of sulfonamides is 1. The van der Waals surface area contributed by atoms with E-state index >= 15 is 0 Å². The molecule has 0 bridgehead atoms. The third-order valence-electron chi connectivity index (χ3n) is 4.51. The number of rotatable bonds is 7. The Labute approximate surface area is 147 Å². The molecule has 1 heterocycles. The van der Waals surface area contributed by atoms with Crippen molar-refractivity contribution >= 4 is 10.0 Å². The summed E-state index contributed by atoms with van der Waals surface area (Å²) in [5.74, 6) is 0.530. The van der Waals surface area contributed by atoms with E-state index in [1.807, 2.05) is 6.07 Å². The van der Waals surface area contributed by atoms with Gasteiger partial charge in [0.2, 0.25) is 10.0 Å². The minimum atomic E-state index is -3.33. The molecule has 0 fully saturated rings. The van der Waals surface area contributed by atoms with Crippen molar-refractivity contribution in [3.8, 4) is 11.3 Å². The minimum Gasteiger partial charge on any atom is -0.268 e. The van der Waals surface area contributed by atoms with Crippen molar-refractivity contribution in [1.29, 1.82) is 0 Å². The molecule has 0 aliphatic heterocycles. The lowest BCUT2D eigenvalue weighted by Gasteiger charge is -2.08. The second kappa shape index (κ2) is 7.33. The van der Waals surface area contributed by atoms with Gasteiger partial charge >= 0.3 is 0 Å². The van der Waals surface area contributed by atoms with Crippen LogP contribution in [-0.4, -0.2) is 25.2 Å². The monoisotopic (exact) mass is 359 g/mol. The third kappa shape index (κ3) is 4.43. The molecule has 6 nitrogen and oxygen atoms in total. The van der Waals surface area contributed by atoms with Gasteiger partial charge in [-0.3, -0.25) is 4.79 Å². The molecule has 132 valence electrons. The molecule has 0 saturated heterocycles. The first kappa shape index (κ1) is 17.6. The SMILES string of the molecule is C=CS(=O)(=O)NCCCC1Cc2ccc(-c3ccc(=O)[nH]n3)cc2C1. The van der Waals surface area contributed by atoms with Crippen molar-refractivity contribution in [2.24, 2.45) is 5.92 Å². The zero-order chi connectivity index (χ0) is 17.9. The fourth-order valence-electron chi connectivity index (χ4n) is 3.24. The molecule has 0 amide bonds. The van der Waals surface area contributed by atoms with Crippen LogP contribution in [0.3, 0.4) is 0 Å². The van der Waals surface area contributed by atoms with Gasteiger partial charge in [-0.1, -0.05) is 18.7 Å². The van der Waals surface area contributed by atoms with E-state index in [0.717, 1.165) is 42.3 Å². The van der Waals surface area contributed by atoms with Crippen molar-refractivity contribution in [1.82, 2.24) is 14.9 Å². The van der Waals surface area contributed by atoms with Crippen LogP contribution in [-0.2, 0) is 22.9 Å². The topological polar surface area (TPSA) is 91.9 Å². The average Bonchev–Trinajstić information content (AvgIpc) is 3.01. The second-order valence-electron chi connectivity index (χ2n) is 6.31. The van der Waals surface area contributed by atoms with Crippen LogP contribution in [0.25, 0.3) is 11.3 Å². The van der Waals surface area contributed by atoms with E-state index in [9.17, 15) is 13.2 Å². The zero-order valence-electron chi connectivity index (χ0n) is 13.9. The lowest BCUT2D eigenvalue weighted by Crippen LogP contribution is -2.22. The van der Waals surface area contributed by atoms with E-state index in [0.29, 0.717) is 12.5 Å². The van der Waals surface area contributed by atoms with Gasteiger partial charge in [-0.25, -0.2) is 18.2 Å². The molecule has 1 aliphatic rings. The number of nitrogens with one attached hydrogen (secondary N) is 2. The molecule has 1 aliphatic carbocycles. The first-order valence-corrected chi connectivity index (χ1v) is 9.81. The molecule has 7 heteroatoms. The van der Waals surface area contributed by atoms with Crippen LogP contribution in [0.15, 0.2) is 47.1 Å². The summed E-state index contributed by atoms with van der Waals surface area (Å²) in [6, 6.07) is 9.48. The summed E-state index contributed by atoms with van der Waals surface area (Å²) < 4.78 is 25.1. The Morgan fingerprint density at radius 2 is 2.04 bits per heavy atom. The van der Waals surface area contributed by atoms with Crippen LogP contribution in [0, 0.1) is 5.92 Å². The van der Waals surface area contributed by atoms with Crippen LogP contribution in [0.4, 0.5) is 0 Å². The summed E-state index contributed by atoms with van der Waals surface area (Å²) in [5.41, 5.74) is 4.18. The van der Waals surface area contributed by atoms with E-state index < -0.39 is 10.0 Å². The Bertz CT molecular complexity index is 914. The Morgan fingerprint density at radius 1 is 1.24 bits per heavy atom. The smallest absolute Gasteiger partial charge is 0.264 e. The van der Waals surface area contributed by atoms with Gasteiger partial charge in [0, 0.05) is 23.6 Å². The number of hydrogen-bond donors (Lipinski definition) is 2. The Kier molecular flexibility index (Phi) is 5.15. The van der Waals surface area contributed by atoms with Crippen molar-refractivity contribution in [3.05, 3.63) is 63.8 Å². The van der Waals surface area contributed by atoms with Crippen LogP contribution >= 0.6 is 0 Å². The number of fused-ring (bicyclic) bond motifs is 1. The van der Waals surface area contributed by atoms with E-state index in [-0.39, 0.29) is 5.56 Å². The molecular formula is C18H21N3O3S. The quantitative estimate of drug-likeness (QED) is 0.740. The lowest BCUT2D eigenvalue weighted by molar-refractivity contribution is 0.490. The van der Waals surface area contributed by atoms with Gasteiger partial charge in [0.15, 0.2) is 0 Å². The maximum atomic E-state index is 11.3. The van der Waals surface area contributed by atoms with Gasteiger partial charge in [-0.2, -0.15) is 5.10 Å². The number of hydrogen-bond acceptors (Lipinski definition) is 4. The van der Waals surface area contributed by atoms with Crippen molar-refractivity contribution < 1.29 is 8.42 Å². The molecule has 1 aromatic heterocycles. The van der Waals surface area contributed by atoms with Gasteiger partial charge in [-0.05, 0) is 54.9 Å². The molecule has 0 saturated carbocycles. The van der Waals surface area contributed by atoms with Crippen LogP contribution in [0.2, 0.25) is 0 Å². The van der Waals surface area contributed by atoms with Gasteiger partial charge in [-0.15, -0.1) is 0 Å². The maximum Gasteiger partial charge on any atom is 0.264 e. The van der Waals surface area contributed by atoms with E-state index in [1.54, 1.807) is 6.07 Å². The summed E-state index contributed by atoms with van der Waals surface area (Å²) in [6.45, 7) is 3.72. The summed E-state index contributed by atoms with van der Waals surface area (Å²) >= 11 is 0. The number of nitrogens with zero attached hydrogens (tertiary/aromatic N) is 1. The van der Waals surface area contributed by atoms with Crippen molar-refractivity contribution in [3.63, 3.8) is 0 Å². The highest BCUT2D eigenvalue weighted by Crippen LogP contribution is 2.32. The molecule has 2 aromatic rings. The molecule has 25 heavy (non-hydrogen) atoms. The number of H-pyrrole nitrogens is 1. The minimum absolute atomic E-state index is 0.211. The van der Waals surface area contributed by atoms with E-state index in [1.165, 1.54) is 17.2 Å². The molecule has 1 atom stereocenters. The highest BCUT2D eigenvalue weighted by Gasteiger charge is 2.21. The second-order valence-corrected chi connectivity index (χ2v) is 8.02. The van der Waals surface area contributed by atoms with Gasteiger partial charge in [0.05, 0.1) is 5.69 Å². The summed E-state index contributed by atoms with van der Waals surface area (Å²) in [7, 11) is -3.33. The number of aromatic nitrogens is 2. The van der Waals surface area contributed by atoms with Crippen LogP contribution < -0.4 is 10.3 Å². The fraction of sp³-hybridized carbons (Fsp3) is 0.333. The first-order valence-electron chi connectivity index (χ1n) is 8.27. The molecule has 3 rings (SSSR count). The molecule has 1 unspecified atom stereocenters. The average molecular weight is 359 g/mol. The molecule has 2 N–H and O–H groups in total. The Hall–Kier alpha value is -2.25. The highest BCUT2D eigenvalue weighted by molar-refractivity contribution is 7.92. The van der Waals surface area contributed by atoms with Gasteiger partial charge in [0.25, 0.3) is 5.56 Å².